The molecule has 0 spiro atoms. The maximum Gasteiger partial charge on any atom is 0.0270 e. The second kappa shape index (κ2) is 5.37. The molecule has 1 aromatic rings. The van der Waals surface area contributed by atoms with Crippen molar-refractivity contribution in [1.29, 1.82) is 0 Å². The third-order valence-electron chi connectivity index (χ3n) is 4.57. The van der Waals surface area contributed by atoms with Gasteiger partial charge in [-0.05, 0) is 56.8 Å². The first kappa shape index (κ1) is 12.1. The molecule has 0 amide bonds. The van der Waals surface area contributed by atoms with Crippen molar-refractivity contribution < 1.29 is 0 Å². The van der Waals surface area contributed by atoms with Crippen molar-refractivity contribution in [3.63, 3.8) is 0 Å². The molecule has 2 unspecified atom stereocenters. The van der Waals surface area contributed by atoms with Gasteiger partial charge in [-0.25, -0.2) is 0 Å². The molecule has 2 aliphatic rings. The van der Waals surface area contributed by atoms with Crippen molar-refractivity contribution in [3.8, 4) is 0 Å². The Labute approximate surface area is 110 Å². The highest BCUT2D eigenvalue weighted by Gasteiger charge is 2.34. The van der Waals surface area contributed by atoms with Gasteiger partial charge in [-0.15, -0.1) is 0 Å². The fourth-order valence-electron chi connectivity index (χ4n) is 3.42. The van der Waals surface area contributed by atoms with Crippen LogP contribution in [0.5, 0.6) is 0 Å². The quantitative estimate of drug-likeness (QED) is 0.877. The topological polar surface area (TPSA) is 28.2 Å². The van der Waals surface area contributed by atoms with Crippen molar-refractivity contribution in [1.82, 2.24) is 15.2 Å². The Balaban J connectivity index is 1.51. The minimum absolute atomic E-state index is 0.783. The second-order valence-corrected chi connectivity index (χ2v) is 5.85. The highest BCUT2D eigenvalue weighted by Crippen LogP contribution is 2.29. The molecule has 2 saturated heterocycles. The van der Waals surface area contributed by atoms with E-state index in [1.165, 1.54) is 31.2 Å². The average molecular weight is 245 g/mol. The Morgan fingerprint density at radius 2 is 1.89 bits per heavy atom. The summed E-state index contributed by atoms with van der Waals surface area (Å²) in [5.41, 5.74) is 1.40. The summed E-state index contributed by atoms with van der Waals surface area (Å²) in [7, 11) is 2.29. The maximum absolute atomic E-state index is 4.07. The van der Waals surface area contributed by atoms with Crippen LogP contribution in [0.25, 0.3) is 0 Å². The molecule has 1 N–H and O–H groups in total. The zero-order valence-corrected chi connectivity index (χ0v) is 11.2. The van der Waals surface area contributed by atoms with Crippen molar-refractivity contribution >= 4 is 0 Å². The number of likely N-dealkylation sites (N-methyl/N-ethyl adjacent to an activating group) is 1. The molecule has 3 heterocycles. The maximum atomic E-state index is 4.07. The monoisotopic (exact) mass is 245 g/mol. The number of rotatable bonds is 4. The summed E-state index contributed by atoms with van der Waals surface area (Å²) in [5.74, 6) is 0. The van der Waals surface area contributed by atoms with Crippen LogP contribution in [0, 0.1) is 0 Å². The summed E-state index contributed by atoms with van der Waals surface area (Å²) in [5, 5.41) is 3.71. The van der Waals surface area contributed by atoms with Crippen molar-refractivity contribution in [2.45, 2.75) is 50.2 Å². The predicted octanol–water partition coefficient (Wildman–Crippen LogP) is 1.84. The zero-order valence-electron chi connectivity index (χ0n) is 11.2. The van der Waals surface area contributed by atoms with Gasteiger partial charge >= 0.3 is 0 Å². The molecule has 3 heteroatoms. The highest BCUT2D eigenvalue weighted by molar-refractivity contribution is 5.10. The molecule has 3 nitrogen and oxygen atoms in total. The third-order valence-corrected chi connectivity index (χ3v) is 4.57. The molecule has 2 fully saturated rings. The van der Waals surface area contributed by atoms with Crippen LogP contribution in [0.15, 0.2) is 24.5 Å². The summed E-state index contributed by atoms with van der Waals surface area (Å²) in [6.07, 6.45) is 10.4. The molecule has 2 aliphatic heterocycles. The zero-order chi connectivity index (χ0) is 12.4. The van der Waals surface area contributed by atoms with E-state index in [2.05, 4.69) is 34.4 Å². The lowest BCUT2D eigenvalue weighted by Gasteiger charge is -2.35. The second-order valence-electron chi connectivity index (χ2n) is 5.85. The fraction of sp³-hybridized carbons (Fsp3) is 0.667. The largest absolute Gasteiger partial charge is 0.311 e. The molecule has 1 aromatic heterocycles. The molecule has 2 bridgehead atoms. The fourth-order valence-corrected chi connectivity index (χ4v) is 3.42. The van der Waals surface area contributed by atoms with Gasteiger partial charge in [0.15, 0.2) is 0 Å². The minimum Gasteiger partial charge on any atom is -0.311 e. The molecular weight excluding hydrogens is 222 g/mol. The molecule has 18 heavy (non-hydrogen) atoms. The smallest absolute Gasteiger partial charge is 0.0270 e. The predicted molar refractivity (Wildman–Crippen MR) is 73.5 cm³/mol. The van der Waals surface area contributed by atoms with Crippen LogP contribution in [0.3, 0.4) is 0 Å². The summed E-state index contributed by atoms with van der Waals surface area (Å²) >= 11 is 0. The summed E-state index contributed by atoms with van der Waals surface area (Å²) in [6, 6.07) is 6.61. The van der Waals surface area contributed by atoms with Crippen LogP contribution in [-0.2, 0) is 6.42 Å². The lowest BCUT2D eigenvalue weighted by molar-refractivity contribution is 0.174. The number of nitrogens with one attached hydrogen (secondary N) is 1. The first-order valence-corrected chi connectivity index (χ1v) is 7.16. The number of nitrogens with zero attached hydrogens (tertiary/aromatic N) is 2. The van der Waals surface area contributed by atoms with Crippen molar-refractivity contribution in [2.75, 3.05) is 13.6 Å². The molecule has 0 radical (unpaired) electrons. The molecule has 98 valence electrons. The number of fused-ring (bicyclic) bond motifs is 2. The van der Waals surface area contributed by atoms with Gasteiger partial charge in [0.1, 0.15) is 0 Å². The first-order chi connectivity index (χ1) is 8.81. The Kier molecular flexibility index (Phi) is 3.62. The third kappa shape index (κ3) is 2.73. The van der Waals surface area contributed by atoms with Gasteiger partial charge in [0, 0.05) is 37.1 Å². The Bertz CT molecular complexity index is 367. The van der Waals surface area contributed by atoms with Crippen LogP contribution in [0.4, 0.5) is 0 Å². The van der Waals surface area contributed by atoms with E-state index < -0.39 is 0 Å². The number of pyridine rings is 1. The normalized spacial score (nSPS) is 30.9. The summed E-state index contributed by atoms with van der Waals surface area (Å²) in [6.45, 7) is 1.16. The molecule has 0 aromatic carbocycles. The average Bonchev–Trinajstić information content (AvgIpc) is 2.76. The SMILES string of the molecule is CN(CCc1ccncc1)C1CC2CCC(C1)N2. The Morgan fingerprint density at radius 1 is 1.22 bits per heavy atom. The Hall–Kier alpha value is -0.930. The van der Waals surface area contributed by atoms with E-state index in [4.69, 9.17) is 0 Å². The highest BCUT2D eigenvalue weighted by atomic mass is 15.2. The van der Waals surface area contributed by atoms with Gasteiger partial charge in [0.2, 0.25) is 0 Å². The van der Waals surface area contributed by atoms with Gasteiger partial charge in [-0.1, -0.05) is 0 Å². The van der Waals surface area contributed by atoms with Crippen molar-refractivity contribution in [3.05, 3.63) is 30.1 Å². The van der Waals surface area contributed by atoms with Gasteiger partial charge in [-0.2, -0.15) is 0 Å². The first-order valence-electron chi connectivity index (χ1n) is 7.16. The number of hydrogen-bond donors (Lipinski definition) is 1. The van der Waals surface area contributed by atoms with Crippen LogP contribution in [0.1, 0.15) is 31.2 Å². The molecule has 0 saturated carbocycles. The molecular formula is C15H23N3. The number of hydrogen-bond acceptors (Lipinski definition) is 3. The number of piperidine rings is 1. The molecule has 2 atom stereocenters. The van der Waals surface area contributed by atoms with E-state index >= 15 is 0 Å². The van der Waals surface area contributed by atoms with Gasteiger partial charge < -0.3 is 10.2 Å². The minimum atomic E-state index is 0.783. The van der Waals surface area contributed by atoms with Crippen LogP contribution >= 0.6 is 0 Å². The van der Waals surface area contributed by atoms with Crippen LogP contribution < -0.4 is 5.32 Å². The van der Waals surface area contributed by atoms with Gasteiger partial charge in [0.25, 0.3) is 0 Å². The van der Waals surface area contributed by atoms with E-state index in [9.17, 15) is 0 Å². The standard InChI is InChI=1S/C15H23N3/c1-18(9-6-12-4-7-16-8-5-12)15-10-13-2-3-14(11-15)17-13/h4-5,7-8,13-15,17H,2-3,6,9-11H2,1H3. The summed E-state index contributed by atoms with van der Waals surface area (Å²) in [4.78, 5) is 6.63. The van der Waals surface area contributed by atoms with E-state index in [0.717, 1.165) is 31.1 Å². The Morgan fingerprint density at radius 3 is 2.56 bits per heavy atom. The van der Waals surface area contributed by atoms with E-state index in [1.54, 1.807) is 0 Å². The number of aromatic nitrogens is 1. The van der Waals surface area contributed by atoms with E-state index in [0.29, 0.717) is 0 Å². The van der Waals surface area contributed by atoms with Gasteiger partial charge in [0.05, 0.1) is 0 Å². The summed E-state index contributed by atoms with van der Waals surface area (Å²) < 4.78 is 0. The van der Waals surface area contributed by atoms with Crippen molar-refractivity contribution in [2.24, 2.45) is 0 Å². The molecule has 0 aliphatic carbocycles. The van der Waals surface area contributed by atoms with E-state index in [-0.39, 0.29) is 0 Å². The lowest BCUT2D eigenvalue weighted by atomic mass is 9.98. The van der Waals surface area contributed by atoms with E-state index in [1.807, 2.05) is 12.4 Å². The van der Waals surface area contributed by atoms with Crippen LogP contribution in [0.2, 0.25) is 0 Å². The molecule has 3 rings (SSSR count). The van der Waals surface area contributed by atoms with Gasteiger partial charge in [-0.3, -0.25) is 4.98 Å². The lowest BCUT2D eigenvalue weighted by Crippen LogP contribution is -2.47. The van der Waals surface area contributed by atoms with Crippen LogP contribution in [-0.4, -0.2) is 41.6 Å².